The molecule has 0 radical (unpaired) electrons. The van der Waals surface area contributed by atoms with Gasteiger partial charge in [0.25, 0.3) is 5.91 Å². The van der Waals surface area contributed by atoms with Crippen molar-refractivity contribution >= 4 is 23.7 Å². The molecule has 0 unspecified atom stereocenters. The Morgan fingerprint density at radius 1 is 1.07 bits per heavy atom. The molecule has 0 spiro atoms. The van der Waals surface area contributed by atoms with Crippen molar-refractivity contribution in [3.05, 3.63) is 23.9 Å². The maximum atomic E-state index is 12.5. The lowest BCUT2D eigenvalue weighted by Crippen LogP contribution is -2.47. The summed E-state index contributed by atoms with van der Waals surface area (Å²) in [6.07, 6.45) is 2.46. The van der Waals surface area contributed by atoms with E-state index >= 15 is 0 Å². The highest BCUT2D eigenvalue weighted by molar-refractivity contribution is 5.96. The summed E-state index contributed by atoms with van der Waals surface area (Å²) in [6, 6.07) is 3.24. The lowest BCUT2D eigenvalue weighted by Gasteiger charge is -2.33. The Morgan fingerprint density at radius 3 is 2.17 bits per heavy atom. The van der Waals surface area contributed by atoms with E-state index in [1.807, 2.05) is 41.5 Å². The van der Waals surface area contributed by atoms with Crippen LogP contribution in [0.25, 0.3) is 0 Å². The van der Waals surface area contributed by atoms with Crippen LogP contribution in [0.2, 0.25) is 0 Å². The summed E-state index contributed by atoms with van der Waals surface area (Å²) in [5, 5.41) is 5.71. The van der Waals surface area contributed by atoms with Crippen LogP contribution in [0.5, 0.6) is 0 Å². The molecule has 1 saturated heterocycles. The topological polar surface area (TPSA) is 101 Å². The second kappa shape index (κ2) is 8.80. The van der Waals surface area contributed by atoms with Gasteiger partial charge in [-0.15, -0.1) is 0 Å². The third-order valence-corrected chi connectivity index (χ3v) is 4.43. The molecule has 0 bridgehead atoms. The number of anilines is 1. The minimum absolute atomic E-state index is 0.0125. The summed E-state index contributed by atoms with van der Waals surface area (Å²) < 4.78 is 5.38. The number of hydrogen-bond acceptors (Lipinski definition) is 5. The summed E-state index contributed by atoms with van der Waals surface area (Å²) >= 11 is 0. The van der Waals surface area contributed by atoms with Gasteiger partial charge in [-0.25, -0.2) is 9.78 Å². The van der Waals surface area contributed by atoms with Crippen molar-refractivity contribution in [2.75, 3.05) is 18.4 Å². The number of rotatable bonds is 3. The summed E-state index contributed by atoms with van der Waals surface area (Å²) in [4.78, 5) is 42.4. The van der Waals surface area contributed by atoms with Gasteiger partial charge in [0.05, 0.1) is 5.56 Å². The van der Waals surface area contributed by atoms with Crippen molar-refractivity contribution in [1.82, 2.24) is 15.2 Å². The fraction of sp³-hybridized carbons (Fsp3) is 0.619. The average Bonchev–Trinajstić information content (AvgIpc) is 2.60. The van der Waals surface area contributed by atoms with Crippen LogP contribution in [-0.2, 0) is 9.53 Å². The summed E-state index contributed by atoms with van der Waals surface area (Å²) in [7, 11) is 0. The zero-order valence-electron chi connectivity index (χ0n) is 18.2. The van der Waals surface area contributed by atoms with Crippen LogP contribution in [0.4, 0.5) is 10.6 Å². The van der Waals surface area contributed by atoms with E-state index in [0.29, 0.717) is 37.3 Å². The van der Waals surface area contributed by atoms with E-state index in [4.69, 9.17) is 4.74 Å². The van der Waals surface area contributed by atoms with Gasteiger partial charge < -0.3 is 20.3 Å². The SMILES string of the molecule is CC(C)(C)OC(=O)N1CCC(NC(=O)c2ccc(NC(=O)C(C)(C)C)nc2)CC1. The smallest absolute Gasteiger partial charge is 0.410 e. The number of hydrogen-bond donors (Lipinski definition) is 2. The first-order chi connectivity index (χ1) is 13.3. The Kier molecular flexibility index (Phi) is 6.87. The van der Waals surface area contributed by atoms with Crippen molar-refractivity contribution in [2.45, 2.75) is 66.0 Å². The maximum absolute atomic E-state index is 12.5. The van der Waals surface area contributed by atoms with Crippen molar-refractivity contribution in [2.24, 2.45) is 5.41 Å². The van der Waals surface area contributed by atoms with Gasteiger partial charge in [0.2, 0.25) is 5.91 Å². The molecule has 3 amide bonds. The minimum Gasteiger partial charge on any atom is -0.444 e. The third-order valence-electron chi connectivity index (χ3n) is 4.43. The molecule has 8 heteroatoms. The highest BCUT2D eigenvalue weighted by atomic mass is 16.6. The lowest BCUT2D eigenvalue weighted by molar-refractivity contribution is -0.123. The van der Waals surface area contributed by atoms with E-state index < -0.39 is 11.0 Å². The van der Waals surface area contributed by atoms with Crippen LogP contribution < -0.4 is 10.6 Å². The highest BCUT2D eigenvalue weighted by Gasteiger charge is 2.27. The molecule has 29 heavy (non-hydrogen) atoms. The molecule has 1 aliphatic rings. The lowest BCUT2D eigenvalue weighted by atomic mass is 9.96. The summed E-state index contributed by atoms with van der Waals surface area (Å²) in [5.74, 6) is 0.0491. The normalized spacial score (nSPS) is 15.6. The van der Waals surface area contributed by atoms with Crippen LogP contribution in [0.1, 0.15) is 64.7 Å². The number of piperidine rings is 1. The van der Waals surface area contributed by atoms with Gasteiger partial charge in [0.1, 0.15) is 11.4 Å². The predicted octanol–water partition coefficient (Wildman–Crippen LogP) is 3.20. The van der Waals surface area contributed by atoms with Crippen LogP contribution >= 0.6 is 0 Å². The Labute approximate surface area is 172 Å². The number of likely N-dealkylation sites (tertiary alicyclic amines) is 1. The molecular formula is C21H32N4O4. The highest BCUT2D eigenvalue weighted by Crippen LogP contribution is 2.18. The number of carbonyl (C=O) groups is 3. The second-order valence-electron chi connectivity index (χ2n) is 9.35. The molecule has 0 saturated carbocycles. The molecule has 0 aromatic carbocycles. The van der Waals surface area contributed by atoms with Gasteiger partial charge in [0, 0.05) is 30.7 Å². The van der Waals surface area contributed by atoms with Gasteiger partial charge in [-0.2, -0.15) is 0 Å². The van der Waals surface area contributed by atoms with Crippen LogP contribution in [0.15, 0.2) is 18.3 Å². The van der Waals surface area contributed by atoms with Crippen LogP contribution in [0, 0.1) is 5.41 Å². The monoisotopic (exact) mass is 404 g/mol. The molecule has 0 aliphatic carbocycles. The molecule has 2 rings (SSSR count). The predicted molar refractivity (Wildman–Crippen MR) is 111 cm³/mol. The molecule has 0 atom stereocenters. The van der Waals surface area contributed by atoms with Gasteiger partial charge in [0.15, 0.2) is 0 Å². The molecule has 1 aromatic heterocycles. The van der Waals surface area contributed by atoms with E-state index in [9.17, 15) is 14.4 Å². The van der Waals surface area contributed by atoms with Crippen molar-refractivity contribution in [3.8, 4) is 0 Å². The summed E-state index contributed by atoms with van der Waals surface area (Å²) in [6.45, 7) is 12.0. The number of ether oxygens (including phenoxy) is 1. The zero-order valence-corrected chi connectivity index (χ0v) is 18.2. The Hall–Kier alpha value is -2.64. The second-order valence-corrected chi connectivity index (χ2v) is 9.35. The molecule has 1 aromatic rings. The van der Waals surface area contributed by atoms with E-state index in [1.165, 1.54) is 6.20 Å². The molecule has 1 fully saturated rings. The number of amides is 3. The van der Waals surface area contributed by atoms with Gasteiger partial charge in [-0.3, -0.25) is 9.59 Å². The average molecular weight is 405 g/mol. The number of carbonyl (C=O) groups excluding carboxylic acids is 3. The molecule has 8 nitrogen and oxygen atoms in total. The van der Waals surface area contributed by atoms with Crippen LogP contribution in [-0.4, -0.2) is 52.5 Å². The number of pyridine rings is 1. The number of nitrogens with zero attached hydrogens (tertiary/aromatic N) is 2. The van der Waals surface area contributed by atoms with E-state index in [2.05, 4.69) is 15.6 Å². The van der Waals surface area contributed by atoms with Crippen molar-refractivity contribution in [1.29, 1.82) is 0 Å². The number of aromatic nitrogens is 1. The Balaban J connectivity index is 1.84. The summed E-state index contributed by atoms with van der Waals surface area (Å²) in [5.41, 5.74) is -0.618. The molecule has 2 heterocycles. The Morgan fingerprint density at radius 2 is 1.69 bits per heavy atom. The number of nitrogens with one attached hydrogen (secondary N) is 2. The minimum atomic E-state index is -0.522. The van der Waals surface area contributed by atoms with Gasteiger partial charge >= 0.3 is 6.09 Å². The zero-order chi connectivity index (χ0) is 21.8. The quantitative estimate of drug-likeness (QED) is 0.806. The van der Waals surface area contributed by atoms with Gasteiger partial charge in [-0.05, 0) is 45.7 Å². The molecule has 160 valence electrons. The third kappa shape index (κ3) is 7.03. The van der Waals surface area contributed by atoms with Crippen molar-refractivity contribution < 1.29 is 19.1 Å². The standard InChI is InChI=1S/C21H32N4O4/c1-20(2,3)18(27)24-16-8-7-14(13-22-16)17(26)23-15-9-11-25(12-10-15)19(28)29-21(4,5)6/h7-8,13,15H,9-12H2,1-6H3,(H,23,26)(H,22,24,27). The largest absolute Gasteiger partial charge is 0.444 e. The fourth-order valence-electron chi connectivity index (χ4n) is 2.71. The first-order valence-electron chi connectivity index (χ1n) is 9.91. The van der Waals surface area contributed by atoms with E-state index in [-0.39, 0.29) is 23.9 Å². The maximum Gasteiger partial charge on any atom is 0.410 e. The van der Waals surface area contributed by atoms with E-state index in [0.717, 1.165) is 0 Å². The molecule has 2 N–H and O–H groups in total. The molecule has 1 aliphatic heterocycles. The first kappa shape index (κ1) is 22.6. The Bertz CT molecular complexity index is 739. The van der Waals surface area contributed by atoms with Crippen LogP contribution in [0.3, 0.4) is 0 Å². The fourth-order valence-corrected chi connectivity index (χ4v) is 2.71. The first-order valence-corrected chi connectivity index (χ1v) is 9.91. The van der Waals surface area contributed by atoms with E-state index in [1.54, 1.807) is 17.0 Å². The van der Waals surface area contributed by atoms with Crippen molar-refractivity contribution in [3.63, 3.8) is 0 Å². The van der Waals surface area contributed by atoms with Gasteiger partial charge in [-0.1, -0.05) is 20.8 Å². The molecular weight excluding hydrogens is 372 g/mol.